The van der Waals surface area contributed by atoms with E-state index in [4.69, 9.17) is 9.47 Å². The summed E-state index contributed by atoms with van der Waals surface area (Å²) in [6.45, 7) is -3.11. The van der Waals surface area contributed by atoms with Crippen LogP contribution in [0, 0.1) is 18.1 Å². The average molecular weight is 317 g/mol. The van der Waals surface area contributed by atoms with E-state index in [9.17, 15) is 17.6 Å². The van der Waals surface area contributed by atoms with Gasteiger partial charge in [-0.15, -0.1) is 0 Å². The van der Waals surface area contributed by atoms with E-state index in [1.54, 1.807) is 6.08 Å². The lowest BCUT2D eigenvalue weighted by Crippen LogP contribution is -2.08. The van der Waals surface area contributed by atoms with E-state index in [1.807, 2.05) is 0 Å². The molecule has 7 heteroatoms. The quantitative estimate of drug-likeness (QED) is 0.765. The van der Waals surface area contributed by atoms with Gasteiger partial charge in [-0.2, -0.15) is 8.78 Å². The first-order valence-electron chi connectivity index (χ1n) is 6.28. The van der Waals surface area contributed by atoms with Gasteiger partial charge in [0.15, 0.2) is 23.1 Å². The Morgan fingerprint density at radius 3 is 2.14 bits per heavy atom. The Kier molecular flexibility index (Phi) is 4.95. The molecule has 0 heterocycles. The molecule has 0 aliphatic heterocycles. The van der Waals surface area contributed by atoms with Gasteiger partial charge in [-0.25, -0.2) is 8.78 Å². The number of benzene rings is 1. The zero-order chi connectivity index (χ0) is 16.3. The summed E-state index contributed by atoms with van der Waals surface area (Å²) in [4.78, 5) is 0. The van der Waals surface area contributed by atoms with E-state index in [0.29, 0.717) is 6.42 Å². The molecule has 0 saturated heterocycles. The molecule has 1 aliphatic rings. The number of hydrogen-bond donors (Lipinski definition) is 0. The largest absolute Gasteiger partial charge is 0.494 e. The fraction of sp³-hybridized carbons (Fsp3) is 0.267. The Morgan fingerprint density at radius 1 is 1.05 bits per heavy atom. The van der Waals surface area contributed by atoms with Crippen LogP contribution in [-0.4, -0.2) is 20.8 Å². The van der Waals surface area contributed by atoms with Crippen molar-refractivity contribution >= 4 is 5.57 Å². The van der Waals surface area contributed by atoms with Crippen molar-refractivity contribution in [2.24, 2.45) is 0 Å². The molecule has 0 saturated carbocycles. The highest BCUT2D eigenvalue weighted by molar-refractivity contribution is 5.80. The van der Waals surface area contributed by atoms with Crippen molar-refractivity contribution in [2.45, 2.75) is 13.0 Å². The average Bonchev–Trinajstić information content (AvgIpc) is 2.49. The van der Waals surface area contributed by atoms with Crippen LogP contribution in [0.1, 0.15) is 12.0 Å². The topological polar surface area (TPSA) is 27.7 Å². The highest BCUT2D eigenvalue weighted by atomic mass is 19.3. The van der Waals surface area contributed by atoms with Gasteiger partial charge >= 0.3 is 6.61 Å². The first kappa shape index (κ1) is 16.2. The molecule has 0 spiro atoms. The highest BCUT2D eigenvalue weighted by Crippen LogP contribution is 2.39. The minimum atomic E-state index is -3.11. The normalized spacial score (nSPS) is 14.5. The predicted octanol–water partition coefficient (Wildman–Crippen LogP) is 4.10. The number of halogens is 4. The fourth-order valence-corrected chi connectivity index (χ4v) is 2.09. The van der Waals surface area contributed by atoms with Crippen LogP contribution >= 0.6 is 0 Å². The molecule has 0 aromatic heterocycles. The van der Waals surface area contributed by atoms with Gasteiger partial charge in [0, 0.05) is 18.1 Å². The summed E-state index contributed by atoms with van der Waals surface area (Å²) in [6, 6.07) is 1.04. The maximum Gasteiger partial charge on any atom is 0.387 e. The first-order chi connectivity index (χ1) is 10.5. The van der Waals surface area contributed by atoms with Crippen molar-refractivity contribution in [3.63, 3.8) is 0 Å². The van der Waals surface area contributed by atoms with Crippen molar-refractivity contribution in [3.05, 3.63) is 47.6 Å². The lowest BCUT2D eigenvalue weighted by atomic mass is 9.96. The molecule has 119 valence electrons. The van der Waals surface area contributed by atoms with Gasteiger partial charge in [0.1, 0.15) is 5.76 Å². The van der Waals surface area contributed by atoms with Crippen molar-refractivity contribution in [2.75, 3.05) is 14.2 Å². The van der Waals surface area contributed by atoms with E-state index in [2.05, 4.69) is 4.74 Å². The van der Waals surface area contributed by atoms with E-state index < -0.39 is 23.8 Å². The van der Waals surface area contributed by atoms with Crippen LogP contribution in [0.4, 0.5) is 17.6 Å². The minimum absolute atomic E-state index is 0.140. The molecule has 0 unspecified atom stereocenters. The third-order valence-electron chi connectivity index (χ3n) is 3.05. The van der Waals surface area contributed by atoms with Crippen LogP contribution in [-0.2, 0) is 4.74 Å². The summed E-state index contributed by atoms with van der Waals surface area (Å²) in [7, 11) is 2.40. The Morgan fingerprint density at radius 2 is 1.64 bits per heavy atom. The molecule has 22 heavy (non-hydrogen) atoms. The van der Waals surface area contributed by atoms with Gasteiger partial charge in [-0.05, 0) is 6.42 Å². The van der Waals surface area contributed by atoms with Crippen LogP contribution in [0.2, 0.25) is 0 Å². The first-order valence-corrected chi connectivity index (χ1v) is 6.28. The van der Waals surface area contributed by atoms with Crippen molar-refractivity contribution < 1.29 is 31.8 Å². The summed E-state index contributed by atoms with van der Waals surface area (Å²) in [5.74, 6) is -2.88. The zero-order valence-electron chi connectivity index (χ0n) is 11.8. The number of methoxy groups -OCH3 is 2. The molecule has 0 atom stereocenters. The number of hydrogen-bond acceptors (Lipinski definition) is 3. The molecule has 0 bridgehead atoms. The molecule has 1 radical (unpaired) electrons. The molecule has 0 fully saturated rings. The predicted molar refractivity (Wildman–Crippen MR) is 71.5 cm³/mol. The Hall–Kier alpha value is -2.18. The number of allylic oxidation sites excluding steroid dienone is 4. The summed E-state index contributed by atoms with van der Waals surface area (Å²) in [6.07, 6.45) is 4.51. The summed E-state index contributed by atoms with van der Waals surface area (Å²) in [5, 5.41) is 0. The van der Waals surface area contributed by atoms with Gasteiger partial charge in [0.05, 0.1) is 19.8 Å². The smallest absolute Gasteiger partial charge is 0.387 e. The summed E-state index contributed by atoms with van der Waals surface area (Å²) >= 11 is 0. The monoisotopic (exact) mass is 317 g/mol. The molecular formula is C15H13F4O3. The maximum absolute atomic E-state index is 14.4. The zero-order valence-corrected chi connectivity index (χ0v) is 11.8. The standard InChI is InChI=1S/C15H13F4O3/c1-20-10-7-11(21-2)14(17)12(13(10)16)8-5-3-4-6-9(8)22-15(18)19/h3,5-7,15H,4H2,1-2H3. The maximum atomic E-state index is 14.4. The summed E-state index contributed by atoms with van der Waals surface area (Å²) in [5.41, 5.74) is -0.683. The van der Waals surface area contributed by atoms with E-state index in [1.165, 1.54) is 26.7 Å². The number of alkyl halides is 2. The van der Waals surface area contributed by atoms with Gasteiger partial charge in [-0.3, -0.25) is 0 Å². The van der Waals surface area contributed by atoms with Crippen molar-refractivity contribution in [3.8, 4) is 11.5 Å². The van der Waals surface area contributed by atoms with Crippen molar-refractivity contribution in [1.82, 2.24) is 0 Å². The Balaban J connectivity index is 2.68. The minimum Gasteiger partial charge on any atom is -0.494 e. The van der Waals surface area contributed by atoms with Gasteiger partial charge in [-0.1, -0.05) is 12.2 Å². The van der Waals surface area contributed by atoms with E-state index in [-0.39, 0.29) is 22.8 Å². The van der Waals surface area contributed by atoms with Crippen molar-refractivity contribution in [1.29, 1.82) is 0 Å². The molecule has 2 rings (SSSR count). The molecular weight excluding hydrogens is 304 g/mol. The van der Waals surface area contributed by atoms with Gasteiger partial charge in [0.2, 0.25) is 0 Å². The molecule has 3 nitrogen and oxygen atoms in total. The molecule has 1 aliphatic carbocycles. The van der Waals surface area contributed by atoms with Crippen LogP contribution in [0.5, 0.6) is 11.5 Å². The lowest BCUT2D eigenvalue weighted by Gasteiger charge is -2.19. The van der Waals surface area contributed by atoms with Crippen LogP contribution in [0.15, 0.2) is 24.0 Å². The Bertz CT molecular complexity index is 595. The highest BCUT2D eigenvalue weighted by Gasteiger charge is 2.26. The van der Waals surface area contributed by atoms with Crippen LogP contribution in [0.25, 0.3) is 5.57 Å². The van der Waals surface area contributed by atoms with E-state index >= 15 is 0 Å². The molecule has 1 aromatic rings. The van der Waals surface area contributed by atoms with Crippen LogP contribution in [0.3, 0.4) is 0 Å². The SMILES string of the molecule is COc1cc(OC)c(F)c(C2=C(OC(F)F)[CH]CC=C2)c1F. The van der Waals surface area contributed by atoms with Gasteiger partial charge in [0.25, 0.3) is 0 Å². The summed E-state index contributed by atoms with van der Waals surface area (Å²) < 4.78 is 67.7. The van der Waals surface area contributed by atoms with E-state index in [0.717, 1.165) is 6.07 Å². The second-order valence-electron chi connectivity index (χ2n) is 4.28. The third kappa shape index (κ3) is 3.03. The number of rotatable bonds is 5. The molecule has 0 N–H and O–H groups in total. The van der Waals surface area contributed by atoms with Gasteiger partial charge < -0.3 is 14.2 Å². The molecule has 1 aromatic carbocycles. The fourth-order valence-electron chi connectivity index (χ4n) is 2.09. The third-order valence-corrected chi connectivity index (χ3v) is 3.05. The lowest BCUT2D eigenvalue weighted by molar-refractivity contribution is -0.0934. The second-order valence-corrected chi connectivity index (χ2v) is 4.28. The Labute approximate surface area is 124 Å². The second kappa shape index (κ2) is 6.72. The number of ether oxygens (including phenoxy) is 3. The van der Waals surface area contributed by atoms with Crippen LogP contribution < -0.4 is 9.47 Å². The molecule has 0 amide bonds.